The zero-order chi connectivity index (χ0) is 33.5. The van der Waals surface area contributed by atoms with E-state index in [9.17, 15) is 9.59 Å². The largest absolute Gasteiger partial charge is 0.486 e. The highest BCUT2D eigenvalue weighted by Crippen LogP contribution is 2.23. The van der Waals surface area contributed by atoms with Crippen molar-refractivity contribution in [3.05, 3.63) is 72.5 Å². The van der Waals surface area contributed by atoms with Gasteiger partial charge in [0.1, 0.15) is 11.3 Å². The Kier molecular flexibility index (Phi) is 12.1. The summed E-state index contributed by atoms with van der Waals surface area (Å²) in [5, 5.41) is 26.9. The Morgan fingerprint density at radius 2 is 1.48 bits per heavy atom. The highest BCUT2D eigenvalue weighted by atomic mass is 79.9. The van der Waals surface area contributed by atoms with Crippen molar-refractivity contribution in [1.29, 1.82) is 0 Å². The summed E-state index contributed by atoms with van der Waals surface area (Å²) in [6.07, 6.45) is 8.65. The Morgan fingerprint density at radius 1 is 0.913 bits per heavy atom. The van der Waals surface area contributed by atoms with Gasteiger partial charge < -0.3 is 10.0 Å². The fourth-order valence-electron chi connectivity index (χ4n) is 4.59. The number of halogens is 1. The maximum atomic E-state index is 12.7. The van der Waals surface area contributed by atoms with Crippen LogP contribution in [0, 0.1) is 13.8 Å². The van der Waals surface area contributed by atoms with Crippen LogP contribution in [0.4, 0.5) is 0 Å². The zero-order valence-electron chi connectivity index (χ0n) is 26.1. The molecule has 0 aromatic carbocycles. The Balaban J connectivity index is 0.000000172. The summed E-state index contributed by atoms with van der Waals surface area (Å²) in [4.78, 5) is 46.2. The van der Waals surface area contributed by atoms with Gasteiger partial charge in [0.2, 0.25) is 0 Å². The summed E-state index contributed by atoms with van der Waals surface area (Å²) in [7, 11) is -1.32. The van der Waals surface area contributed by atoms with Gasteiger partial charge in [-0.2, -0.15) is 5.10 Å². The minimum absolute atomic E-state index is 0.0508. The van der Waals surface area contributed by atoms with Gasteiger partial charge in [0.15, 0.2) is 10.3 Å². The van der Waals surface area contributed by atoms with Crippen LogP contribution >= 0.6 is 39.5 Å². The summed E-state index contributed by atoms with van der Waals surface area (Å²) < 4.78 is 3.89. The second kappa shape index (κ2) is 15.8. The van der Waals surface area contributed by atoms with Gasteiger partial charge in [0.05, 0.1) is 33.7 Å². The lowest BCUT2D eigenvalue weighted by Crippen LogP contribution is -2.22. The van der Waals surface area contributed by atoms with Crippen molar-refractivity contribution in [3.63, 3.8) is 0 Å². The third-order valence-electron chi connectivity index (χ3n) is 6.98. The van der Waals surface area contributed by atoms with Gasteiger partial charge >= 0.3 is 7.12 Å². The van der Waals surface area contributed by atoms with Crippen LogP contribution in [-0.2, 0) is 13.1 Å². The molecule has 6 heterocycles. The monoisotopic (exact) mass is 725 g/mol. The van der Waals surface area contributed by atoms with Crippen molar-refractivity contribution in [3.8, 4) is 11.3 Å². The number of thioether (sulfide) groups is 2. The standard InChI is InChI=1S/C14H15N5OS.C11H12BrN3OS.C4H6BNO2/c1-4-19-12-9(8(2)16-14(17-12)21-3)7-10(13(19)20)11-5-6-15-18-11;1-4-15-9-7(5-8(12)10(15)16)6(2)13-11(14-9)17-3;7-5(8)4-1-2-6-3-4/h5-7H,4H2,1-3H3,(H,15,18);5H,4H2,1-3H3;1-2,7-8H,3H2. The predicted molar refractivity (Wildman–Crippen MR) is 189 cm³/mol. The van der Waals surface area contributed by atoms with Gasteiger partial charge in [0, 0.05) is 36.3 Å². The van der Waals surface area contributed by atoms with Crippen LogP contribution in [0.25, 0.3) is 33.3 Å². The predicted octanol–water partition coefficient (Wildman–Crippen LogP) is 3.85. The number of nitrogens with one attached hydrogen (secondary N) is 1. The highest BCUT2D eigenvalue weighted by molar-refractivity contribution is 9.10. The molecule has 0 radical (unpaired) electrons. The van der Waals surface area contributed by atoms with Crippen molar-refractivity contribution >= 4 is 74.9 Å². The lowest BCUT2D eigenvalue weighted by Gasteiger charge is -2.12. The number of nitrogens with zero attached hydrogens (tertiary/aromatic N) is 8. The van der Waals surface area contributed by atoms with Crippen LogP contribution in [0.1, 0.15) is 25.2 Å². The molecule has 1 aliphatic rings. The van der Waals surface area contributed by atoms with E-state index in [4.69, 9.17) is 10.0 Å². The van der Waals surface area contributed by atoms with Crippen LogP contribution in [0.5, 0.6) is 0 Å². The molecule has 0 bridgehead atoms. The Labute approximate surface area is 282 Å². The van der Waals surface area contributed by atoms with Gasteiger partial charge in [-0.1, -0.05) is 23.5 Å². The van der Waals surface area contributed by atoms with Gasteiger partial charge in [-0.3, -0.25) is 28.8 Å². The third kappa shape index (κ3) is 7.66. The van der Waals surface area contributed by atoms with Crippen molar-refractivity contribution in [2.45, 2.75) is 51.1 Å². The number of aliphatic imine (C=N–C) groups is 1. The average Bonchev–Trinajstić information content (AvgIpc) is 3.78. The molecule has 1 aliphatic heterocycles. The first kappa shape index (κ1) is 35.2. The molecule has 6 rings (SSSR count). The van der Waals surface area contributed by atoms with Crippen molar-refractivity contribution in [2.24, 2.45) is 4.99 Å². The van der Waals surface area contributed by atoms with E-state index in [0.717, 1.165) is 22.2 Å². The normalized spacial score (nSPS) is 12.1. The van der Waals surface area contributed by atoms with Crippen LogP contribution in [0.15, 0.2) is 65.3 Å². The first-order valence-corrected chi connectivity index (χ1v) is 17.4. The van der Waals surface area contributed by atoms with Crippen LogP contribution < -0.4 is 11.1 Å². The van der Waals surface area contributed by atoms with Crippen LogP contribution in [0.3, 0.4) is 0 Å². The fourth-order valence-corrected chi connectivity index (χ4v) is 5.84. The number of hydrogen-bond acceptors (Lipinski definition) is 12. The average molecular weight is 726 g/mol. The molecule has 5 aromatic rings. The van der Waals surface area contributed by atoms with E-state index in [-0.39, 0.29) is 11.1 Å². The van der Waals surface area contributed by atoms with E-state index in [1.807, 2.05) is 46.3 Å². The number of hydrogen-bond donors (Lipinski definition) is 3. The number of fused-ring (bicyclic) bond motifs is 2. The van der Waals surface area contributed by atoms with Crippen molar-refractivity contribution < 1.29 is 10.0 Å². The van der Waals surface area contributed by atoms with Gasteiger partial charge in [-0.15, -0.1) is 0 Å². The SMILES string of the molecule is CCn1c(=O)c(-c2ccn[nH]2)cc2c(C)nc(SC)nc21.CCn1c(=O)c(Br)cc2c(C)nc(SC)nc21.OB(O)C1=CC=NC1. The number of H-pyrrole nitrogens is 1. The number of allylic oxidation sites excluding steroid dienone is 1. The van der Waals surface area contributed by atoms with Crippen molar-refractivity contribution in [1.82, 2.24) is 39.3 Å². The van der Waals surface area contributed by atoms with E-state index in [1.54, 1.807) is 39.8 Å². The molecule has 0 atom stereocenters. The lowest BCUT2D eigenvalue weighted by molar-refractivity contribution is 0.418. The first-order valence-electron chi connectivity index (χ1n) is 14.2. The molecule has 3 N–H and O–H groups in total. The number of aryl methyl sites for hydroxylation is 4. The summed E-state index contributed by atoms with van der Waals surface area (Å²) in [5.41, 5.74) is 4.88. The van der Waals surface area contributed by atoms with Gasteiger partial charge in [-0.05, 0) is 85.9 Å². The molecule has 46 heavy (non-hydrogen) atoms. The van der Waals surface area contributed by atoms with E-state index >= 15 is 0 Å². The quantitative estimate of drug-likeness (QED) is 0.132. The molecule has 0 unspecified atom stereocenters. The molecule has 240 valence electrons. The summed E-state index contributed by atoms with van der Waals surface area (Å²) in [6.45, 7) is 9.32. The second-order valence-electron chi connectivity index (χ2n) is 9.79. The molecule has 0 aliphatic carbocycles. The molecule has 17 heteroatoms. The number of rotatable bonds is 6. The molecular formula is C29H33BBrN9O4S2. The minimum Gasteiger partial charge on any atom is -0.423 e. The molecular weight excluding hydrogens is 693 g/mol. The van der Waals surface area contributed by atoms with Crippen LogP contribution in [0.2, 0.25) is 0 Å². The molecule has 0 saturated heterocycles. The van der Waals surface area contributed by atoms with E-state index in [2.05, 4.69) is 51.1 Å². The summed E-state index contributed by atoms with van der Waals surface area (Å²) in [6, 6.07) is 5.43. The van der Waals surface area contributed by atoms with Gasteiger partial charge in [0.25, 0.3) is 11.1 Å². The topological polar surface area (TPSA) is 177 Å². The summed E-state index contributed by atoms with van der Waals surface area (Å²) >= 11 is 6.23. The maximum absolute atomic E-state index is 12.7. The van der Waals surface area contributed by atoms with E-state index in [1.165, 1.54) is 23.5 Å². The van der Waals surface area contributed by atoms with Crippen molar-refractivity contribution in [2.75, 3.05) is 19.1 Å². The Morgan fingerprint density at radius 3 is 1.91 bits per heavy atom. The molecule has 13 nitrogen and oxygen atoms in total. The summed E-state index contributed by atoms with van der Waals surface area (Å²) in [5.74, 6) is 0. The Bertz CT molecular complexity index is 2050. The first-order chi connectivity index (χ1) is 22.0. The zero-order valence-corrected chi connectivity index (χ0v) is 29.4. The Hall–Kier alpha value is -3.64. The molecule has 0 amide bonds. The number of pyridine rings is 2. The highest BCUT2D eigenvalue weighted by Gasteiger charge is 2.16. The number of aromatic nitrogens is 8. The third-order valence-corrected chi connectivity index (χ3v) is 8.64. The van der Waals surface area contributed by atoms with E-state index in [0.29, 0.717) is 62.4 Å². The smallest absolute Gasteiger partial charge is 0.423 e. The molecule has 0 fully saturated rings. The fraction of sp³-hybridized carbons (Fsp3) is 0.310. The lowest BCUT2D eigenvalue weighted by atomic mass is 9.80. The number of aromatic amines is 1. The maximum Gasteiger partial charge on any atom is 0.486 e. The van der Waals surface area contributed by atoms with E-state index < -0.39 is 7.12 Å². The van der Waals surface area contributed by atoms with Crippen LogP contribution in [-0.4, -0.2) is 81.7 Å². The molecule has 5 aromatic heterocycles. The second-order valence-corrected chi connectivity index (χ2v) is 12.2. The molecule has 0 spiro atoms. The van der Waals surface area contributed by atoms with Gasteiger partial charge in [-0.25, -0.2) is 19.9 Å². The molecule has 0 saturated carbocycles. The minimum atomic E-state index is -1.32.